The molecule has 6 nitrogen and oxygen atoms in total. The lowest BCUT2D eigenvalue weighted by Gasteiger charge is -2.31. The third-order valence-electron chi connectivity index (χ3n) is 3.28. The van der Waals surface area contributed by atoms with E-state index in [-0.39, 0.29) is 12.0 Å². The van der Waals surface area contributed by atoms with E-state index in [0.29, 0.717) is 26.2 Å². The van der Waals surface area contributed by atoms with Gasteiger partial charge in [0.25, 0.3) is 0 Å². The molecule has 0 spiro atoms. The molecule has 0 aromatic carbocycles. The maximum absolute atomic E-state index is 12.0. The molecule has 0 saturated carbocycles. The topological polar surface area (TPSA) is 67.6 Å². The van der Waals surface area contributed by atoms with Crippen molar-refractivity contribution < 1.29 is 13.9 Å². The first kappa shape index (κ1) is 14.2. The molecule has 0 unspecified atom stereocenters. The second kappa shape index (κ2) is 6.84. The third-order valence-corrected chi connectivity index (χ3v) is 4.15. The average molecular weight is 307 g/mol. The zero-order chi connectivity index (χ0) is 14.5. The number of hydrogen-bond acceptors (Lipinski definition) is 6. The van der Waals surface area contributed by atoms with Crippen LogP contribution in [0.5, 0.6) is 0 Å². The van der Waals surface area contributed by atoms with E-state index in [4.69, 9.17) is 9.15 Å². The predicted octanol–water partition coefficient (Wildman–Crippen LogP) is 1.43. The highest BCUT2D eigenvalue weighted by Gasteiger charge is 2.24. The molecule has 1 N–H and O–H groups in total. The predicted molar refractivity (Wildman–Crippen MR) is 77.8 cm³/mol. The first-order chi connectivity index (χ1) is 10.3. The summed E-state index contributed by atoms with van der Waals surface area (Å²) >= 11 is 1.58. The number of aromatic nitrogens is 1. The molecule has 1 atom stereocenters. The van der Waals surface area contributed by atoms with Gasteiger partial charge in [0.1, 0.15) is 16.9 Å². The van der Waals surface area contributed by atoms with E-state index in [1.807, 2.05) is 17.5 Å². The highest BCUT2D eigenvalue weighted by atomic mass is 32.1. The maximum atomic E-state index is 12.0. The highest BCUT2D eigenvalue weighted by Crippen LogP contribution is 2.23. The van der Waals surface area contributed by atoms with Gasteiger partial charge >= 0.3 is 0 Å². The van der Waals surface area contributed by atoms with Crippen LogP contribution in [0.1, 0.15) is 16.9 Å². The number of nitrogens with one attached hydrogen (secondary N) is 1. The number of morpholine rings is 1. The number of nitrogens with zero attached hydrogens (tertiary/aromatic N) is 2. The van der Waals surface area contributed by atoms with E-state index in [1.54, 1.807) is 23.8 Å². The fourth-order valence-corrected chi connectivity index (χ4v) is 2.92. The van der Waals surface area contributed by atoms with Crippen LogP contribution in [-0.2, 0) is 16.1 Å². The van der Waals surface area contributed by atoms with E-state index in [2.05, 4.69) is 15.2 Å². The van der Waals surface area contributed by atoms with Crippen molar-refractivity contribution in [2.24, 2.45) is 0 Å². The Morgan fingerprint density at radius 2 is 2.52 bits per heavy atom. The molecule has 1 amide bonds. The SMILES string of the molecule is O=C(CN1CCO[C@H](c2nccs2)C1)NCc1ccco1. The minimum atomic E-state index is -0.0309. The zero-order valence-electron chi connectivity index (χ0n) is 11.5. The van der Waals surface area contributed by atoms with Gasteiger partial charge < -0.3 is 14.5 Å². The molecule has 0 radical (unpaired) electrons. The molecule has 1 saturated heterocycles. The van der Waals surface area contributed by atoms with Gasteiger partial charge in [-0.25, -0.2) is 4.98 Å². The number of ether oxygens (including phenoxy) is 1. The molecule has 3 heterocycles. The summed E-state index contributed by atoms with van der Waals surface area (Å²) in [6, 6.07) is 3.65. The zero-order valence-corrected chi connectivity index (χ0v) is 12.3. The number of amides is 1. The minimum Gasteiger partial charge on any atom is -0.467 e. The molecule has 1 aliphatic rings. The molecular formula is C14H17N3O3S. The summed E-state index contributed by atoms with van der Waals surface area (Å²) in [6.07, 6.45) is 3.34. The van der Waals surface area contributed by atoms with E-state index in [1.165, 1.54) is 0 Å². The van der Waals surface area contributed by atoms with Crippen molar-refractivity contribution in [2.75, 3.05) is 26.2 Å². The van der Waals surface area contributed by atoms with Crippen molar-refractivity contribution in [3.8, 4) is 0 Å². The monoisotopic (exact) mass is 307 g/mol. The summed E-state index contributed by atoms with van der Waals surface area (Å²) in [5.41, 5.74) is 0. The lowest BCUT2D eigenvalue weighted by atomic mass is 10.2. The Labute approximate surface area is 126 Å². The molecule has 0 bridgehead atoms. The number of hydrogen-bond donors (Lipinski definition) is 1. The first-order valence-corrected chi connectivity index (χ1v) is 7.71. The Bertz CT molecular complexity index is 556. The summed E-state index contributed by atoms with van der Waals surface area (Å²) in [7, 11) is 0. The normalized spacial score (nSPS) is 19.5. The van der Waals surface area contributed by atoms with Gasteiger partial charge in [-0.1, -0.05) is 0 Å². The summed E-state index contributed by atoms with van der Waals surface area (Å²) in [5.74, 6) is 0.747. The van der Waals surface area contributed by atoms with Gasteiger partial charge in [-0.15, -0.1) is 11.3 Å². The first-order valence-electron chi connectivity index (χ1n) is 6.83. The van der Waals surface area contributed by atoms with Crippen molar-refractivity contribution in [1.29, 1.82) is 0 Å². The molecule has 1 aliphatic heterocycles. The molecule has 7 heteroatoms. The molecule has 2 aromatic rings. The minimum absolute atomic E-state index is 0.00816. The number of carbonyl (C=O) groups is 1. The van der Waals surface area contributed by atoms with Crippen LogP contribution in [0, 0.1) is 0 Å². The Balaban J connectivity index is 1.47. The van der Waals surface area contributed by atoms with Gasteiger partial charge in [-0.2, -0.15) is 0 Å². The summed E-state index contributed by atoms with van der Waals surface area (Å²) in [4.78, 5) is 18.3. The van der Waals surface area contributed by atoms with Crippen LogP contribution in [0.25, 0.3) is 0 Å². The van der Waals surface area contributed by atoms with E-state index >= 15 is 0 Å². The van der Waals surface area contributed by atoms with Crippen LogP contribution >= 0.6 is 11.3 Å². The van der Waals surface area contributed by atoms with E-state index < -0.39 is 0 Å². The van der Waals surface area contributed by atoms with E-state index in [9.17, 15) is 4.79 Å². The third kappa shape index (κ3) is 3.90. The van der Waals surface area contributed by atoms with Gasteiger partial charge in [0.05, 0.1) is 26.0 Å². The van der Waals surface area contributed by atoms with Crippen LogP contribution in [0.4, 0.5) is 0 Å². The fraction of sp³-hybridized carbons (Fsp3) is 0.429. The quantitative estimate of drug-likeness (QED) is 0.905. The largest absolute Gasteiger partial charge is 0.467 e. The van der Waals surface area contributed by atoms with E-state index in [0.717, 1.165) is 17.3 Å². The summed E-state index contributed by atoms with van der Waals surface area (Å²) < 4.78 is 10.9. The maximum Gasteiger partial charge on any atom is 0.234 e. The van der Waals surface area contributed by atoms with Crippen LogP contribution in [0.15, 0.2) is 34.4 Å². The Kier molecular flexibility index (Phi) is 4.64. The Morgan fingerprint density at radius 1 is 1.57 bits per heavy atom. The summed E-state index contributed by atoms with van der Waals surface area (Å²) in [6.45, 7) is 2.87. The van der Waals surface area contributed by atoms with Gasteiger partial charge in [0, 0.05) is 24.7 Å². The van der Waals surface area contributed by atoms with Gasteiger partial charge in [0.15, 0.2) is 0 Å². The van der Waals surface area contributed by atoms with Crippen LogP contribution in [0.3, 0.4) is 0 Å². The van der Waals surface area contributed by atoms with Gasteiger partial charge in [-0.3, -0.25) is 9.69 Å². The van der Waals surface area contributed by atoms with Gasteiger partial charge in [0.2, 0.25) is 5.91 Å². The number of rotatable bonds is 5. The lowest BCUT2D eigenvalue weighted by molar-refractivity contribution is -0.124. The van der Waals surface area contributed by atoms with Crippen LogP contribution in [0.2, 0.25) is 0 Å². The number of furan rings is 1. The second-order valence-corrected chi connectivity index (χ2v) is 5.75. The van der Waals surface area contributed by atoms with Crippen molar-refractivity contribution in [3.05, 3.63) is 40.7 Å². The van der Waals surface area contributed by atoms with Crippen LogP contribution in [-0.4, -0.2) is 42.0 Å². The molecular weight excluding hydrogens is 290 g/mol. The highest BCUT2D eigenvalue weighted by molar-refractivity contribution is 7.09. The Hall–Kier alpha value is -1.70. The smallest absolute Gasteiger partial charge is 0.234 e. The Morgan fingerprint density at radius 3 is 3.29 bits per heavy atom. The van der Waals surface area contributed by atoms with Crippen LogP contribution < -0.4 is 5.32 Å². The standard InChI is InChI=1S/C14H17N3O3S/c18-13(16-8-11-2-1-5-19-11)10-17-4-6-20-12(9-17)14-15-3-7-21-14/h1-3,5,7,12H,4,6,8-10H2,(H,16,18)/t12-/m0/s1. The molecule has 0 aliphatic carbocycles. The molecule has 2 aromatic heterocycles. The number of carbonyl (C=O) groups excluding carboxylic acids is 1. The summed E-state index contributed by atoms with van der Waals surface area (Å²) in [5, 5.41) is 5.76. The second-order valence-electron chi connectivity index (χ2n) is 4.82. The van der Waals surface area contributed by atoms with Crippen molar-refractivity contribution in [1.82, 2.24) is 15.2 Å². The average Bonchev–Trinajstić information content (AvgIpc) is 3.19. The lowest BCUT2D eigenvalue weighted by Crippen LogP contribution is -2.44. The molecule has 112 valence electrons. The number of thiazole rings is 1. The molecule has 3 rings (SSSR count). The fourth-order valence-electron chi connectivity index (χ4n) is 2.25. The molecule has 1 fully saturated rings. The van der Waals surface area contributed by atoms with Crippen molar-refractivity contribution in [2.45, 2.75) is 12.6 Å². The van der Waals surface area contributed by atoms with Gasteiger partial charge in [-0.05, 0) is 12.1 Å². The molecule has 21 heavy (non-hydrogen) atoms. The van der Waals surface area contributed by atoms with Crippen molar-refractivity contribution >= 4 is 17.2 Å². The van der Waals surface area contributed by atoms with Crippen molar-refractivity contribution in [3.63, 3.8) is 0 Å².